The van der Waals surface area contributed by atoms with Crippen LogP contribution in [0.1, 0.15) is 20.7 Å². The molecule has 1 N–H and O–H groups in total. The van der Waals surface area contributed by atoms with Gasteiger partial charge in [-0.25, -0.2) is 15.0 Å². The van der Waals surface area contributed by atoms with Crippen LogP contribution < -0.4 is 5.32 Å². The Morgan fingerprint density at radius 3 is 2.27 bits per heavy atom. The fourth-order valence-corrected chi connectivity index (χ4v) is 2.62. The molecule has 128 valence electrons. The maximum Gasteiger partial charge on any atom is 0.262 e. The summed E-state index contributed by atoms with van der Waals surface area (Å²) in [5.41, 5.74) is 0.965. The first-order valence-electron chi connectivity index (χ1n) is 7.69. The second-order valence-corrected chi connectivity index (χ2v) is 5.53. The first-order valence-corrected chi connectivity index (χ1v) is 7.69. The molecule has 1 aliphatic rings. The van der Waals surface area contributed by atoms with Crippen molar-refractivity contribution in [1.29, 1.82) is 0 Å². The lowest BCUT2D eigenvalue weighted by Gasteiger charge is -2.13. The van der Waals surface area contributed by atoms with E-state index in [9.17, 15) is 14.4 Å². The molecule has 3 heterocycles. The Morgan fingerprint density at radius 1 is 1.04 bits per heavy atom. The summed E-state index contributed by atoms with van der Waals surface area (Å²) in [4.78, 5) is 49.8. The van der Waals surface area contributed by atoms with Crippen molar-refractivity contribution in [3.63, 3.8) is 0 Å². The molecule has 26 heavy (non-hydrogen) atoms. The minimum Gasteiger partial charge on any atom is -0.322 e. The normalized spacial score (nSPS) is 13.0. The topological polar surface area (TPSA) is 110 Å². The van der Waals surface area contributed by atoms with Crippen molar-refractivity contribution in [2.75, 3.05) is 11.9 Å². The molecule has 0 spiro atoms. The summed E-state index contributed by atoms with van der Waals surface area (Å²) in [6.07, 6.45) is 7.71. The summed E-state index contributed by atoms with van der Waals surface area (Å²) in [7, 11) is 0. The van der Waals surface area contributed by atoms with Crippen molar-refractivity contribution in [2.45, 2.75) is 0 Å². The Labute approximate surface area is 147 Å². The molecular formula is C17H12N6O3. The molecule has 0 aliphatic carbocycles. The van der Waals surface area contributed by atoms with E-state index in [2.05, 4.69) is 20.3 Å². The summed E-state index contributed by atoms with van der Waals surface area (Å²) in [6, 6.07) is 6.48. The summed E-state index contributed by atoms with van der Waals surface area (Å²) in [6.45, 7) is -0.379. The largest absolute Gasteiger partial charge is 0.322 e. The molecular weight excluding hydrogens is 336 g/mol. The number of aromatic nitrogens is 4. The molecule has 0 unspecified atom stereocenters. The van der Waals surface area contributed by atoms with Gasteiger partial charge in [0.2, 0.25) is 11.9 Å². The number of imidazole rings is 1. The van der Waals surface area contributed by atoms with Crippen LogP contribution in [0.4, 0.5) is 5.69 Å². The third kappa shape index (κ3) is 2.71. The summed E-state index contributed by atoms with van der Waals surface area (Å²) >= 11 is 0. The zero-order valence-electron chi connectivity index (χ0n) is 13.4. The third-order valence-electron chi connectivity index (χ3n) is 3.84. The highest BCUT2D eigenvalue weighted by Crippen LogP contribution is 2.22. The smallest absolute Gasteiger partial charge is 0.262 e. The molecule has 2 aromatic heterocycles. The van der Waals surface area contributed by atoms with Crippen LogP contribution in [0.3, 0.4) is 0 Å². The van der Waals surface area contributed by atoms with Gasteiger partial charge in [0.05, 0.1) is 29.2 Å². The average Bonchev–Trinajstić information content (AvgIpc) is 3.27. The summed E-state index contributed by atoms with van der Waals surface area (Å²) in [5.74, 6) is -1.07. The van der Waals surface area contributed by atoms with Crippen LogP contribution in [0.5, 0.6) is 0 Å². The molecule has 1 aliphatic heterocycles. The van der Waals surface area contributed by atoms with E-state index in [-0.39, 0.29) is 6.54 Å². The quantitative estimate of drug-likeness (QED) is 0.701. The molecule has 0 bridgehead atoms. The van der Waals surface area contributed by atoms with Gasteiger partial charge in [0.15, 0.2) is 0 Å². The van der Waals surface area contributed by atoms with E-state index in [1.165, 1.54) is 12.4 Å². The highest BCUT2D eigenvalue weighted by molar-refractivity contribution is 6.22. The van der Waals surface area contributed by atoms with Crippen LogP contribution in [0.15, 0.2) is 55.4 Å². The van der Waals surface area contributed by atoms with E-state index >= 15 is 0 Å². The van der Waals surface area contributed by atoms with Gasteiger partial charge in [-0.3, -0.25) is 23.9 Å². The van der Waals surface area contributed by atoms with Crippen LogP contribution in [0.25, 0.3) is 5.95 Å². The highest BCUT2D eigenvalue weighted by Gasteiger charge is 2.36. The Kier molecular flexibility index (Phi) is 3.73. The van der Waals surface area contributed by atoms with E-state index < -0.39 is 17.7 Å². The molecule has 9 nitrogen and oxygen atoms in total. The number of hydrogen-bond acceptors (Lipinski definition) is 6. The number of amides is 3. The van der Waals surface area contributed by atoms with Gasteiger partial charge in [-0.05, 0) is 12.1 Å². The molecule has 0 saturated heterocycles. The number of imide groups is 1. The van der Waals surface area contributed by atoms with Crippen molar-refractivity contribution in [2.24, 2.45) is 0 Å². The lowest BCUT2D eigenvalue weighted by Crippen LogP contribution is -2.37. The number of fused-ring (bicyclic) bond motifs is 1. The van der Waals surface area contributed by atoms with Gasteiger partial charge in [0, 0.05) is 12.4 Å². The van der Waals surface area contributed by atoms with Crippen LogP contribution in [-0.4, -0.2) is 48.7 Å². The van der Waals surface area contributed by atoms with E-state index in [4.69, 9.17) is 0 Å². The minimum atomic E-state index is -0.515. The summed E-state index contributed by atoms with van der Waals surface area (Å²) < 4.78 is 1.62. The lowest BCUT2D eigenvalue weighted by atomic mass is 10.1. The molecule has 0 saturated carbocycles. The fourth-order valence-electron chi connectivity index (χ4n) is 2.62. The van der Waals surface area contributed by atoms with Crippen LogP contribution in [0, 0.1) is 0 Å². The second kappa shape index (κ2) is 6.20. The van der Waals surface area contributed by atoms with Gasteiger partial charge in [-0.2, -0.15) is 0 Å². The zero-order valence-corrected chi connectivity index (χ0v) is 13.4. The van der Waals surface area contributed by atoms with E-state index in [1.54, 1.807) is 47.6 Å². The van der Waals surface area contributed by atoms with Crippen molar-refractivity contribution in [3.8, 4) is 5.95 Å². The molecule has 3 amide bonds. The number of nitrogens with zero attached hydrogens (tertiary/aromatic N) is 5. The van der Waals surface area contributed by atoms with Gasteiger partial charge in [-0.1, -0.05) is 12.1 Å². The maximum atomic E-state index is 12.3. The molecule has 1 aromatic carbocycles. The predicted molar refractivity (Wildman–Crippen MR) is 89.6 cm³/mol. The number of anilines is 1. The average molecular weight is 348 g/mol. The number of benzene rings is 1. The van der Waals surface area contributed by atoms with Crippen LogP contribution >= 0.6 is 0 Å². The van der Waals surface area contributed by atoms with E-state index in [1.807, 2.05) is 0 Å². The van der Waals surface area contributed by atoms with Gasteiger partial charge < -0.3 is 5.32 Å². The lowest BCUT2D eigenvalue weighted by molar-refractivity contribution is -0.116. The first-order chi connectivity index (χ1) is 12.6. The minimum absolute atomic E-state index is 0.304. The standard InChI is InChI=1S/C17H12N6O3/c24-14(9-23-15(25)12-3-1-2-4-13(12)16(23)26)21-11-7-19-17(20-8-11)22-6-5-18-10-22/h1-8,10H,9H2,(H,21,24). The maximum absolute atomic E-state index is 12.3. The second-order valence-electron chi connectivity index (χ2n) is 5.53. The van der Waals surface area contributed by atoms with Crippen molar-refractivity contribution in [3.05, 3.63) is 66.5 Å². The fraction of sp³-hybridized carbons (Fsp3) is 0.0588. The highest BCUT2D eigenvalue weighted by atomic mass is 16.2. The number of rotatable bonds is 4. The Bertz CT molecular complexity index is 963. The van der Waals surface area contributed by atoms with Crippen LogP contribution in [-0.2, 0) is 4.79 Å². The number of hydrogen-bond donors (Lipinski definition) is 1. The first kappa shape index (κ1) is 15.6. The van der Waals surface area contributed by atoms with Crippen molar-refractivity contribution < 1.29 is 14.4 Å². The van der Waals surface area contributed by atoms with Gasteiger partial charge >= 0.3 is 0 Å². The zero-order chi connectivity index (χ0) is 18.1. The Balaban J connectivity index is 1.43. The Morgan fingerprint density at radius 2 is 1.69 bits per heavy atom. The SMILES string of the molecule is O=C(CN1C(=O)c2ccccc2C1=O)Nc1cnc(-n2ccnc2)nc1. The summed E-state index contributed by atoms with van der Waals surface area (Å²) in [5, 5.41) is 2.57. The van der Waals surface area contributed by atoms with Gasteiger partial charge in [0.25, 0.3) is 11.8 Å². The van der Waals surface area contributed by atoms with Gasteiger partial charge in [0.1, 0.15) is 12.9 Å². The third-order valence-corrected chi connectivity index (χ3v) is 3.84. The molecule has 9 heteroatoms. The monoisotopic (exact) mass is 348 g/mol. The Hall–Kier alpha value is -3.88. The molecule has 0 radical (unpaired) electrons. The molecule has 3 aromatic rings. The van der Waals surface area contributed by atoms with E-state index in [0.29, 0.717) is 22.8 Å². The predicted octanol–water partition coefficient (Wildman–Crippen LogP) is 0.897. The van der Waals surface area contributed by atoms with Crippen molar-refractivity contribution >= 4 is 23.4 Å². The number of carbonyl (C=O) groups excluding carboxylic acids is 3. The molecule has 4 rings (SSSR count). The molecule has 0 atom stereocenters. The van der Waals surface area contributed by atoms with Crippen molar-refractivity contribution in [1.82, 2.24) is 24.4 Å². The van der Waals surface area contributed by atoms with Gasteiger partial charge in [-0.15, -0.1) is 0 Å². The molecule has 0 fully saturated rings. The van der Waals surface area contributed by atoms with E-state index in [0.717, 1.165) is 4.90 Å². The van der Waals surface area contributed by atoms with Crippen LogP contribution in [0.2, 0.25) is 0 Å². The number of nitrogens with one attached hydrogen (secondary N) is 1. The number of carbonyl (C=O) groups is 3.